The predicted octanol–water partition coefficient (Wildman–Crippen LogP) is 6.91. The van der Waals surface area contributed by atoms with Crippen LogP contribution < -0.4 is 4.43 Å². The van der Waals surface area contributed by atoms with E-state index < -0.39 is 26.4 Å². The van der Waals surface area contributed by atoms with E-state index in [4.69, 9.17) is 9.16 Å². The Labute approximate surface area is 204 Å². The second kappa shape index (κ2) is 10.2. The maximum atomic E-state index is 13.5. The molecule has 2 amide bonds. The first-order valence-electron chi connectivity index (χ1n) is 11.9. The quantitative estimate of drug-likeness (QED) is 0.305. The van der Waals surface area contributed by atoms with Crippen LogP contribution in [0.4, 0.5) is 4.79 Å². The van der Waals surface area contributed by atoms with Crippen molar-refractivity contribution in [3.63, 3.8) is 0 Å². The summed E-state index contributed by atoms with van der Waals surface area (Å²) in [6.07, 6.45) is 1.68. The van der Waals surface area contributed by atoms with E-state index >= 15 is 0 Å². The third-order valence-corrected chi connectivity index (χ3v) is 11.4. The fraction of sp³-hybridized carbons (Fsp3) is 0.429. The molecule has 1 saturated heterocycles. The molecule has 0 aromatic heterocycles. The highest BCUT2D eigenvalue weighted by molar-refractivity contribution is 6.74. The fourth-order valence-corrected chi connectivity index (χ4v) is 4.97. The Hall–Kier alpha value is -2.86. The Morgan fingerprint density at radius 2 is 1.76 bits per heavy atom. The van der Waals surface area contributed by atoms with Gasteiger partial charge in [0.15, 0.2) is 0 Å². The number of carbonyl (C=O) groups is 2. The van der Waals surface area contributed by atoms with E-state index in [0.717, 1.165) is 16.9 Å². The van der Waals surface area contributed by atoms with Crippen molar-refractivity contribution in [3.8, 4) is 5.75 Å². The summed E-state index contributed by atoms with van der Waals surface area (Å²) in [5.74, 6) is 0.232. The summed E-state index contributed by atoms with van der Waals surface area (Å²) in [4.78, 5) is 27.4. The Bertz CT molecular complexity index is 1010. The first-order chi connectivity index (χ1) is 15.9. The Balaban J connectivity index is 1.73. The van der Waals surface area contributed by atoms with Gasteiger partial charge in [0.2, 0.25) is 14.2 Å². The fourth-order valence-electron chi connectivity index (χ4n) is 3.94. The summed E-state index contributed by atoms with van der Waals surface area (Å²) in [5, 5.41) is 0.117. The number of hydrogen-bond acceptors (Lipinski definition) is 4. The highest BCUT2D eigenvalue weighted by atomic mass is 28.4. The predicted molar refractivity (Wildman–Crippen MR) is 138 cm³/mol. The summed E-state index contributed by atoms with van der Waals surface area (Å²) in [6.45, 7) is 16.8. The van der Waals surface area contributed by atoms with Crippen LogP contribution in [0.25, 0.3) is 0 Å². The lowest BCUT2D eigenvalue weighted by atomic mass is 9.93. The lowest BCUT2D eigenvalue weighted by Gasteiger charge is -2.36. The van der Waals surface area contributed by atoms with Gasteiger partial charge in [0, 0.05) is 5.92 Å². The molecule has 1 heterocycles. The molecular weight excluding hydrogens is 442 g/mol. The summed E-state index contributed by atoms with van der Waals surface area (Å²) in [6, 6.07) is 17.1. The first kappa shape index (κ1) is 25.8. The molecule has 0 saturated carbocycles. The van der Waals surface area contributed by atoms with Gasteiger partial charge in [-0.05, 0) is 61.2 Å². The molecule has 3 atom stereocenters. The molecule has 2 aromatic carbocycles. The topological polar surface area (TPSA) is 55.8 Å². The normalized spacial score (nSPS) is 19.5. The average molecular weight is 480 g/mol. The summed E-state index contributed by atoms with van der Waals surface area (Å²) < 4.78 is 12.0. The number of cyclic esters (lactones) is 1. The van der Waals surface area contributed by atoms with Gasteiger partial charge in [0.1, 0.15) is 11.9 Å². The van der Waals surface area contributed by atoms with Crippen LogP contribution >= 0.6 is 0 Å². The van der Waals surface area contributed by atoms with Crippen molar-refractivity contribution in [1.29, 1.82) is 0 Å². The first-order valence-corrected chi connectivity index (χ1v) is 14.8. The number of carbonyl (C=O) groups excluding carboxylic acids is 2. The lowest BCUT2D eigenvalue weighted by molar-refractivity contribution is -0.133. The van der Waals surface area contributed by atoms with E-state index in [0.29, 0.717) is 12.8 Å². The molecule has 1 aliphatic rings. The van der Waals surface area contributed by atoms with Crippen LogP contribution in [0.3, 0.4) is 0 Å². The van der Waals surface area contributed by atoms with Crippen LogP contribution in [0.15, 0.2) is 67.3 Å². The van der Waals surface area contributed by atoms with Crippen LogP contribution in [0.1, 0.15) is 51.3 Å². The van der Waals surface area contributed by atoms with Crippen LogP contribution in [0.5, 0.6) is 5.75 Å². The van der Waals surface area contributed by atoms with Crippen molar-refractivity contribution in [2.45, 2.75) is 70.8 Å². The van der Waals surface area contributed by atoms with E-state index in [-0.39, 0.29) is 17.0 Å². The SMILES string of the molecule is C=CC[C@H](Cc1ccc(O[Si](C)(C)C(C)(C)C)cc1)C(=O)N1C(=O)O[C@@H](c2ccccc2)[C@H]1C. The van der Waals surface area contributed by atoms with Gasteiger partial charge in [0.05, 0.1) is 6.04 Å². The molecule has 0 radical (unpaired) electrons. The monoisotopic (exact) mass is 479 g/mol. The van der Waals surface area contributed by atoms with Gasteiger partial charge < -0.3 is 9.16 Å². The standard InChI is InChI=1S/C28H37NO4Si/c1-8-12-23(19-21-15-17-24(18-16-21)33-34(6,7)28(3,4)5)26(30)29-20(2)25(32-27(29)31)22-13-10-9-11-14-22/h8-11,13-18,20,23,25H,1,12,19H2,2-7H3/t20-,23-,25-/m1/s1. The minimum atomic E-state index is -1.92. The lowest BCUT2D eigenvalue weighted by Crippen LogP contribution is -2.43. The third-order valence-electron chi connectivity index (χ3n) is 7.02. The van der Waals surface area contributed by atoms with Gasteiger partial charge >= 0.3 is 6.09 Å². The Morgan fingerprint density at radius 1 is 1.15 bits per heavy atom. The number of amides is 2. The van der Waals surface area contributed by atoms with Crippen molar-refractivity contribution in [2.24, 2.45) is 5.92 Å². The van der Waals surface area contributed by atoms with Gasteiger partial charge in [-0.3, -0.25) is 4.79 Å². The number of hydrogen-bond donors (Lipinski definition) is 0. The van der Waals surface area contributed by atoms with Crippen molar-refractivity contribution in [1.82, 2.24) is 4.90 Å². The average Bonchev–Trinajstić information content (AvgIpc) is 3.07. The number of allylic oxidation sites excluding steroid dienone is 1. The van der Waals surface area contributed by atoms with Gasteiger partial charge in [-0.2, -0.15) is 0 Å². The van der Waals surface area contributed by atoms with Crippen molar-refractivity contribution in [2.75, 3.05) is 0 Å². The number of ether oxygens (including phenoxy) is 1. The molecule has 2 aromatic rings. The minimum Gasteiger partial charge on any atom is -0.544 e. The summed E-state index contributed by atoms with van der Waals surface area (Å²) >= 11 is 0. The van der Waals surface area contributed by atoms with Crippen molar-refractivity contribution in [3.05, 3.63) is 78.4 Å². The molecule has 0 aliphatic carbocycles. The molecule has 1 aliphatic heterocycles. The minimum absolute atomic E-state index is 0.117. The molecule has 0 N–H and O–H groups in total. The summed E-state index contributed by atoms with van der Waals surface area (Å²) in [7, 11) is -1.92. The van der Waals surface area contributed by atoms with E-state index in [1.54, 1.807) is 6.08 Å². The number of imide groups is 1. The molecule has 6 heteroatoms. The zero-order valence-corrected chi connectivity index (χ0v) is 22.2. The Kier molecular flexibility index (Phi) is 7.71. The van der Waals surface area contributed by atoms with Crippen LogP contribution in [-0.4, -0.2) is 31.3 Å². The summed E-state index contributed by atoms with van der Waals surface area (Å²) in [5.41, 5.74) is 1.90. The van der Waals surface area contributed by atoms with E-state index in [1.165, 1.54) is 4.90 Å². The molecule has 5 nitrogen and oxygen atoms in total. The largest absolute Gasteiger partial charge is 0.544 e. The van der Waals surface area contributed by atoms with Crippen LogP contribution in [-0.2, 0) is 16.0 Å². The smallest absolute Gasteiger partial charge is 0.417 e. The molecule has 182 valence electrons. The van der Waals surface area contributed by atoms with Gasteiger partial charge in [-0.1, -0.05) is 69.3 Å². The molecule has 34 heavy (non-hydrogen) atoms. The van der Waals surface area contributed by atoms with Gasteiger partial charge in [-0.25, -0.2) is 9.69 Å². The molecule has 0 spiro atoms. The zero-order chi connectivity index (χ0) is 25.1. The highest BCUT2D eigenvalue weighted by Crippen LogP contribution is 2.38. The third kappa shape index (κ3) is 5.61. The van der Waals surface area contributed by atoms with Crippen molar-refractivity contribution >= 4 is 20.3 Å². The molecule has 3 rings (SSSR count). The van der Waals surface area contributed by atoms with Crippen LogP contribution in [0, 0.1) is 5.92 Å². The maximum Gasteiger partial charge on any atom is 0.417 e. The van der Waals surface area contributed by atoms with Gasteiger partial charge in [0.25, 0.3) is 0 Å². The van der Waals surface area contributed by atoms with E-state index in [9.17, 15) is 9.59 Å². The molecular formula is C28H37NO4Si. The molecule has 0 unspecified atom stereocenters. The number of nitrogens with zero attached hydrogens (tertiary/aromatic N) is 1. The number of rotatable bonds is 8. The Morgan fingerprint density at radius 3 is 2.32 bits per heavy atom. The highest BCUT2D eigenvalue weighted by Gasteiger charge is 2.45. The maximum absolute atomic E-state index is 13.5. The van der Waals surface area contributed by atoms with Gasteiger partial charge in [-0.15, -0.1) is 6.58 Å². The van der Waals surface area contributed by atoms with Crippen LogP contribution in [0.2, 0.25) is 18.1 Å². The molecule has 1 fully saturated rings. The van der Waals surface area contributed by atoms with Crippen molar-refractivity contribution < 1.29 is 18.8 Å². The van der Waals surface area contributed by atoms with E-state index in [1.807, 2.05) is 61.5 Å². The van der Waals surface area contributed by atoms with E-state index in [2.05, 4.69) is 40.4 Å². The molecule has 0 bridgehead atoms. The zero-order valence-electron chi connectivity index (χ0n) is 21.2. The second-order valence-corrected chi connectivity index (χ2v) is 15.3. The number of benzene rings is 2. The second-order valence-electron chi connectivity index (χ2n) is 10.6.